The molecule has 4 heteroatoms. The Bertz CT molecular complexity index is 286. The molecule has 2 N–H and O–H groups in total. The average Bonchev–Trinajstić information content (AvgIpc) is 2.05. The van der Waals surface area contributed by atoms with E-state index in [-0.39, 0.29) is 11.4 Å². The number of hydrogen-bond acceptors (Lipinski definition) is 4. The van der Waals surface area contributed by atoms with Crippen molar-refractivity contribution in [3.05, 3.63) is 28.7 Å². The average molecular weight is 166 g/mol. The number of phenols is 1. The molecule has 0 radical (unpaired) electrons. The summed E-state index contributed by atoms with van der Waals surface area (Å²) in [7, 11) is 1.76. The van der Waals surface area contributed by atoms with Gasteiger partial charge in [0.2, 0.25) is 0 Å². The molecule has 0 unspecified atom stereocenters. The molecule has 0 aliphatic rings. The van der Waals surface area contributed by atoms with Crippen molar-refractivity contribution < 1.29 is 5.11 Å². The third-order valence-electron chi connectivity index (χ3n) is 1.56. The molecule has 0 aliphatic carbocycles. The number of rotatable bonds is 3. The van der Waals surface area contributed by atoms with Crippen LogP contribution in [0, 0.1) is 4.91 Å². The quantitative estimate of drug-likeness (QED) is 0.669. The topological polar surface area (TPSA) is 61.7 Å². The maximum Gasteiger partial charge on any atom is 0.154 e. The van der Waals surface area contributed by atoms with Crippen LogP contribution in [-0.4, -0.2) is 12.2 Å². The van der Waals surface area contributed by atoms with Crippen LogP contribution in [0.5, 0.6) is 5.75 Å². The van der Waals surface area contributed by atoms with Gasteiger partial charge in [-0.2, -0.15) is 0 Å². The first-order chi connectivity index (χ1) is 5.79. The van der Waals surface area contributed by atoms with Gasteiger partial charge < -0.3 is 10.4 Å². The predicted octanol–water partition coefficient (Wildman–Crippen LogP) is 1.51. The van der Waals surface area contributed by atoms with Gasteiger partial charge in [-0.1, -0.05) is 12.1 Å². The molecule has 0 bridgehead atoms. The van der Waals surface area contributed by atoms with Crippen LogP contribution in [0.4, 0.5) is 5.69 Å². The Morgan fingerprint density at radius 2 is 2.33 bits per heavy atom. The SMILES string of the molecule is CNCc1cccc(O)c1N=O. The summed E-state index contributed by atoms with van der Waals surface area (Å²) in [5.41, 5.74) is 0.819. The minimum absolute atomic E-state index is 0.0715. The number of aromatic hydroxyl groups is 1. The van der Waals surface area contributed by atoms with Crippen molar-refractivity contribution >= 4 is 5.69 Å². The highest BCUT2D eigenvalue weighted by Gasteiger charge is 2.06. The van der Waals surface area contributed by atoms with E-state index in [0.29, 0.717) is 12.1 Å². The minimum atomic E-state index is -0.0715. The van der Waals surface area contributed by atoms with Crippen LogP contribution in [0.1, 0.15) is 5.56 Å². The van der Waals surface area contributed by atoms with Gasteiger partial charge in [-0.05, 0) is 23.9 Å². The van der Waals surface area contributed by atoms with Crippen molar-refractivity contribution in [2.24, 2.45) is 5.18 Å². The zero-order chi connectivity index (χ0) is 8.97. The Balaban J connectivity index is 3.09. The highest BCUT2D eigenvalue weighted by atomic mass is 16.3. The lowest BCUT2D eigenvalue weighted by molar-refractivity contribution is 0.476. The van der Waals surface area contributed by atoms with Gasteiger partial charge in [0.15, 0.2) is 5.69 Å². The van der Waals surface area contributed by atoms with Gasteiger partial charge in [0.05, 0.1) is 0 Å². The second-order valence-electron chi connectivity index (χ2n) is 2.41. The van der Waals surface area contributed by atoms with E-state index in [2.05, 4.69) is 10.5 Å². The third kappa shape index (κ3) is 1.60. The van der Waals surface area contributed by atoms with E-state index in [1.165, 1.54) is 6.07 Å². The molecule has 0 aliphatic heterocycles. The van der Waals surface area contributed by atoms with E-state index >= 15 is 0 Å². The van der Waals surface area contributed by atoms with Gasteiger partial charge in [0.25, 0.3) is 0 Å². The zero-order valence-corrected chi connectivity index (χ0v) is 6.74. The fourth-order valence-electron chi connectivity index (χ4n) is 1.02. The molecule has 1 aromatic carbocycles. The number of nitroso groups, excluding NO2 is 1. The van der Waals surface area contributed by atoms with Crippen molar-refractivity contribution in [3.63, 3.8) is 0 Å². The molecule has 1 aromatic rings. The van der Waals surface area contributed by atoms with Crippen LogP contribution in [0.3, 0.4) is 0 Å². The number of nitrogens with one attached hydrogen (secondary N) is 1. The van der Waals surface area contributed by atoms with E-state index in [1.807, 2.05) is 0 Å². The molecule has 0 atom stereocenters. The van der Waals surface area contributed by atoms with Crippen molar-refractivity contribution in [1.29, 1.82) is 0 Å². The molecule has 0 fully saturated rings. The summed E-state index contributed by atoms with van der Waals surface area (Å²) >= 11 is 0. The van der Waals surface area contributed by atoms with Gasteiger partial charge in [-0.3, -0.25) is 0 Å². The Labute approximate surface area is 70.2 Å². The van der Waals surface area contributed by atoms with Crippen LogP contribution in [-0.2, 0) is 6.54 Å². The molecule has 1 rings (SSSR count). The lowest BCUT2D eigenvalue weighted by atomic mass is 10.1. The molecule has 0 saturated heterocycles. The van der Waals surface area contributed by atoms with Crippen molar-refractivity contribution in [2.45, 2.75) is 6.54 Å². The smallest absolute Gasteiger partial charge is 0.154 e. The summed E-state index contributed by atoms with van der Waals surface area (Å²) in [6.07, 6.45) is 0. The van der Waals surface area contributed by atoms with Crippen molar-refractivity contribution in [2.75, 3.05) is 7.05 Å². The third-order valence-corrected chi connectivity index (χ3v) is 1.56. The maximum absolute atomic E-state index is 10.3. The van der Waals surface area contributed by atoms with Crippen molar-refractivity contribution in [3.8, 4) is 5.75 Å². The first-order valence-corrected chi connectivity index (χ1v) is 3.58. The minimum Gasteiger partial charge on any atom is -0.506 e. The van der Waals surface area contributed by atoms with Gasteiger partial charge in [-0.15, -0.1) is 4.91 Å². The summed E-state index contributed by atoms with van der Waals surface area (Å²) in [6.45, 7) is 0.523. The van der Waals surface area contributed by atoms with Crippen LogP contribution in [0.2, 0.25) is 0 Å². The Morgan fingerprint density at radius 1 is 1.58 bits per heavy atom. The zero-order valence-electron chi connectivity index (χ0n) is 6.74. The molecule has 0 amide bonds. The lowest BCUT2D eigenvalue weighted by Crippen LogP contribution is -2.04. The molecule has 64 valence electrons. The normalized spacial score (nSPS) is 9.75. The van der Waals surface area contributed by atoms with Crippen LogP contribution in [0.15, 0.2) is 23.4 Å². The first-order valence-electron chi connectivity index (χ1n) is 3.58. The molecule has 4 nitrogen and oxygen atoms in total. The van der Waals surface area contributed by atoms with Gasteiger partial charge in [0.1, 0.15) is 5.75 Å². The standard InChI is InChI=1S/C8H10N2O2/c1-9-5-6-3-2-4-7(11)8(6)10-12/h2-4,9,11H,5H2,1H3. The molecular weight excluding hydrogens is 156 g/mol. The monoisotopic (exact) mass is 166 g/mol. The Hall–Kier alpha value is -1.42. The van der Waals surface area contributed by atoms with Crippen molar-refractivity contribution in [1.82, 2.24) is 5.32 Å². The first kappa shape index (κ1) is 8.67. The summed E-state index contributed by atoms with van der Waals surface area (Å²) < 4.78 is 0. The summed E-state index contributed by atoms with van der Waals surface area (Å²) in [5.74, 6) is -0.0715. The van der Waals surface area contributed by atoms with E-state index in [1.54, 1.807) is 19.2 Å². The van der Waals surface area contributed by atoms with Crippen LogP contribution < -0.4 is 5.32 Å². The number of phenolic OH excluding ortho intramolecular Hbond substituents is 1. The van der Waals surface area contributed by atoms with Gasteiger partial charge >= 0.3 is 0 Å². The maximum atomic E-state index is 10.3. The highest BCUT2D eigenvalue weighted by Crippen LogP contribution is 2.29. The lowest BCUT2D eigenvalue weighted by Gasteiger charge is -2.03. The molecule has 0 heterocycles. The number of nitrogens with zero attached hydrogens (tertiary/aromatic N) is 1. The van der Waals surface area contributed by atoms with Gasteiger partial charge in [0, 0.05) is 6.54 Å². The molecule has 0 aromatic heterocycles. The molecular formula is C8H10N2O2. The van der Waals surface area contributed by atoms with Crippen LogP contribution >= 0.6 is 0 Å². The second kappa shape index (κ2) is 3.82. The van der Waals surface area contributed by atoms with Crippen LogP contribution in [0.25, 0.3) is 0 Å². The number of hydrogen-bond donors (Lipinski definition) is 2. The molecule has 0 spiro atoms. The fourth-order valence-corrected chi connectivity index (χ4v) is 1.02. The van der Waals surface area contributed by atoms with E-state index in [9.17, 15) is 10.0 Å². The van der Waals surface area contributed by atoms with E-state index < -0.39 is 0 Å². The summed E-state index contributed by atoms with van der Waals surface area (Å²) in [4.78, 5) is 10.3. The van der Waals surface area contributed by atoms with E-state index in [4.69, 9.17) is 0 Å². The summed E-state index contributed by atoms with van der Waals surface area (Å²) in [5, 5.41) is 14.8. The van der Waals surface area contributed by atoms with E-state index in [0.717, 1.165) is 0 Å². The number of benzene rings is 1. The second-order valence-corrected chi connectivity index (χ2v) is 2.41. The Morgan fingerprint density at radius 3 is 2.92 bits per heavy atom. The van der Waals surface area contributed by atoms with Gasteiger partial charge in [-0.25, -0.2) is 0 Å². The predicted molar refractivity (Wildman–Crippen MR) is 46.3 cm³/mol. The summed E-state index contributed by atoms with van der Waals surface area (Å²) in [6, 6.07) is 4.86. The largest absolute Gasteiger partial charge is 0.506 e. The molecule has 12 heavy (non-hydrogen) atoms. The fraction of sp³-hybridized carbons (Fsp3) is 0.250. The Kier molecular flexibility index (Phi) is 2.76. The highest BCUT2D eigenvalue weighted by molar-refractivity contribution is 5.56. The molecule has 0 saturated carbocycles.